The van der Waals surface area contributed by atoms with Gasteiger partial charge in [-0.25, -0.2) is 0 Å². The van der Waals surface area contributed by atoms with Gasteiger partial charge in [-0.3, -0.25) is 9.88 Å². The van der Waals surface area contributed by atoms with E-state index in [1.165, 1.54) is 6.20 Å². The van der Waals surface area contributed by atoms with Crippen molar-refractivity contribution in [2.45, 2.75) is 25.9 Å². The maximum Gasteiger partial charge on any atom is 0.133 e. The minimum atomic E-state index is 0.151. The molecule has 1 fully saturated rings. The second-order valence-corrected chi connectivity index (χ2v) is 6.21. The SMILES string of the molecule is CN1CCN(C(C)(C)CNCc2ccc(O)cn2)CC1. The third kappa shape index (κ3) is 4.16. The van der Waals surface area contributed by atoms with Gasteiger partial charge in [0.25, 0.3) is 0 Å². The molecule has 1 saturated heterocycles. The smallest absolute Gasteiger partial charge is 0.133 e. The average molecular weight is 278 g/mol. The van der Waals surface area contributed by atoms with E-state index in [2.05, 4.69) is 41.0 Å². The first-order valence-electron chi connectivity index (χ1n) is 7.25. The summed E-state index contributed by atoms with van der Waals surface area (Å²) in [5, 5.41) is 12.7. The zero-order valence-electron chi connectivity index (χ0n) is 12.8. The van der Waals surface area contributed by atoms with Crippen molar-refractivity contribution in [3.8, 4) is 5.75 Å². The second-order valence-electron chi connectivity index (χ2n) is 6.21. The normalized spacial score (nSPS) is 18.4. The molecule has 0 bridgehead atoms. The Morgan fingerprint density at radius 2 is 1.95 bits per heavy atom. The van der Waals surface area contributed by atoms with Crippen molar-refractivity contribution in [3.05, 3.63) is 24.0 Å². The van der Waals surface area contributed by atoms with Crippen LogP contribution in [0.15, 0.2) is 18.3 Å². The highest BCUT2D eigenvalue weighted by atomic mass is 16.3. The van der Waals surface area contributed by atoms with E-state index >= 15 is 0 Å². The Bertz CT molecular complexity index is 410. The molecule has 0 amide bonds. The molecule has 0 atom stereocenters. The number of rotatable bonds is 5. The highest BCUT2D eigenvalue weighted by Crippen LogP contribution is 2.16. The fourth-order valence-corrected chi connectivity index (χ4v) is 2.54. The lowest BCUT2D eigenvalue weighted by Crippen LogP contribution is -2.57. The molecule has 2 rings (SSSR count). The molecule has 0 saturated carbocycles. The van der Waals surface area contributed by atoms with Gasteiger partial charge in [0.2, 0.25) is 0 Å². The number of likely N-dealkylation sites (N-methyl/N-ethyl adjacent to an activating group) is 1. The molecule has 1 aromatic rings. The minimum Gasteiger partial charge on any atom is -0.506 e. The molecule has 0 spiro atoms. The van der Waals surface area contributed by atoms with Crippen molar-refractivity contribution < 1.29 is 5.11 Å². The van der Waals surface area contributed by atoms with Crippen molar-refractivity contribution in [2.75, 3.05) is 39.8 Å². The van der Waals surface area contributed by atoms with E-state index < -0.39 is 0 Å². The molecule has 1 aromatic heterocycles. The predicted octanol–water partition coefficient (Wildman–Crippen LogP) is 0.903. The number of piperazine rings is 1. The van der Waals surface area contributed by atoms with Crippen LogP contribution in [0, 0.1) is 0 Å². The Hall–Kier alpha value is -1.17. The number of nitrogens with zero attached hydrogens (tertiary/aromatic N) is 3. The maximum atomic E-state index is 9.21. The van der Waals surface area contributed by atoms with Crippen LogP contribution in [-0.2, 0) is 6.54 Å². The van der Waals surface area contributed by atoms with E-state index in [0.29, 0.717) is 0 Å². The van der Waals surface area contributed by atoms with E-state index in [1.807, 2.05) is 6.07 Å². The molecule has 1 aliphatic heterocycles. The molecule has 0 radical (unpaired) electrons. The monoisotopic (exact) mass is 278 g/mol. The molecule has 0 aromatic carbocycles. The predicted molar refractivity (Wildman–Crippen MR) is 80.8 cm³/mol. The van der Waals surface area contributed by atoms with Gasteiger partial charge in [0.15, 0.2) is 0 Å². The van der Waals surface area contributed by atoms with Gasteiger partial charge in [0, 0.05) is 44.8 Å². The number of aromatic nitrogens is 1. The van der Waals surface area contributed by atoms with Crippen molar-refractivity contribution in [1.82, 2.24) is 20.1 Å². The number of nitrogens with one attached hydrogen (secondary N) is 1. The van der Waals surface area contributed by atoms with Gasteiger partial charge in [-0.15, -0.1) is 0 Å². The minimum absolute atomic E-state index is 0.151. The summed E-state index contributed by atoms with van der Waals surface area (Å²) in [6.07, 6.45) is 1.49. The zero-order valence-corrected chi connectivity index (χ0v) is 12.8. The Morgan fingerprint density at radius 3 is 2.55 bits per heavy atom. The third-order valence-corrected chi connectivity index (χ3v) is 4.03. The molecule has 20 heavy (non-hydrogen) atoms. The van der Waals surface area contributed by atoms with Crippen LogP contribution in [0.1, 0.15) is 19.5 Å². The van der Waals surface area contributed by atoms with Crippen LogP contribution in [0.25, 0.3) is 0 Å². The van der Waals surface area contributed by atoms with E-state index in [9.17, 15) is 5.11 Å². The van der Waals surface area contributed by atoms with Gasteiger partial charge in [-0.1, -0.05) is 0 Å². The van der Waals surface area contributed by atoms with E-state index in [0.717, 1.165) is 45.0 Å². The van der Waals surface area contributed by atoms with Crippen LogP contribution in [0.3, 0.4) is 0 Å². The van der Waals surface area contributed by atoms with E-state index in [4.69, 9.17) is 0 Å². The van der Waals surface area contributed by atoms with Crippen LogP contribution < -0.4 is 5.32 Å². The summed E-state index contributed by atoms with van der Waals surface area (Å²) in [7, 11) is 2.18. The van der Waals surface area contributed by atoms with Crippen LogP contribution in [0.4, 0.5) is 0 Å². The summed E-state index contributed by atoms with van der Waals surface area (Å²) in [6, 6.07) is 3.53. The largest absolute Gasteiger partial charge is 0.506 e. The first-order chi connectivity index (χ1) is 9.47. The summed E-state index contributed by atoms with van der Waals surface area (Å²) in [5.74, 6) is 0.214. The van der Waals surface area contributed by atoms with Gasteiger partial charge >= 0.3 is 0 Å². The molecular weight excluding hydrogens is 252 g/mol. The number of aromatic hydroxyl groups is 1. The summed E-state index contributed by atoms with van der Waals surface area (Å²) in [6.45, 7) is 10.8. The van der Waals surface area contributed by atoms with Gasteiger partial charge in [-0.05, 0) is 33.0 Å². The standard InChI is InChI=1S/C15H26N4O/c1-15(2,19-8-6-18(3)7-9-19)12-16-10-13-4-5-14(20)11-17-13/h4-5,11,16,20H,6-10,12H2,1-3H3. The first-order valence-corrected chi connectivity index (χ1v) is 7.25. The molecule has 5 nitrogen and oxygen atoms in total. The lowest BCUT2D eigenvalue weighted by atomic mass is 10.0. The molecule has 0 unspecified atom stereocenters. The van der Waals surface area contributed by atoms with Gasteiger partial charge in [0.05, 0.1) is 11.9 Å². The van der Waals surface area contributed by atoms with Crippen molar-refractivity contribution in [3.63, 3.8) is 0 Å². The van der Waals surface area contributed by atoms with Crippen LogP contribution in [0.2, 0.25) is 0 Å². The van der Waals surface area contributed by atoms with Crippen LogP contribution in [0.5, 0.6) is 5.75 Å². The van der Waals surface area contributed by atoms with Crippen LogP contribution in [-0.4, -0.2) is 65.2 Å². The molecular formula is C15H26N4O. The van der Waals surface area contributed by atoms with Crippen molar-refractivity contribution in [1.29, 1.82) is 0 Å². The van der Waals surface area contributed by atoms with Crippen molar-refractivity contribution >= 4 is 0 Å². The fraction of sp³-hybridized carbons (Fsp3) is 0.667. The fourth-order valence-electron chi connectivity index (χ4n) is 2.54. The van der Waals surface area contributed by atoms with E-state index in [-0.39, 0.29) is 11.3 Å². The number of hydrogen-bond donors (Lipinski definition) is 2. The highest BCUT2D eigenvalue weighted by molar-refractivity contribution is 5.17. The maximum absolute atomic E-state index is 9.21. The molecule has 1 aliphatic rings. The highest BCUT2D eigenvalue weighted by Gasteiger charge is 2.28. The Balaban J connectivity index is 1.78. The molecule has 112 valence electrons. The lowest BCUT2D eigenvalue weighted by molar-refractivity contribution is 0.0617. The number of pyridine rings is 1. The zero-order chi connectivity index (χ0) is 14.6. The van der Waals surface area contributed by atoms with Gasteiger partial charge in [0.1, 0.15) is 5.75 Å². The topological polar surface area (TPSA) is 51.6 Å². The van der Waals surface area contributed by atoms with Crippen LogP contribution >= 0.6 is 0 Å². The Kier molecular flexibility index (Phi) is 4.96. The molecule has 2 heterocycles. The van der Waals surface area contributed by atoms with Gasteiger partial charge in [-0.2, -0.15) is 0 Å². The third-order valence-electron chi connectivity index (χ3n) is 4.03. The lowest BCUT2D eigenvalue weighted by Gasteiger charge is -2.43. The van der Waals surface area contributed by atoms with Gasteiger partial charge < -0.3 is 15.3 Å². The molecule has 2 N–H and O–H groups in total. The summed E-state index contributed by atoms with van der Waals surface area (Å²) in [4.78, 5) is 9.11. The summed E-state index contributed by atoms with van der Waals surface area (Å²) in [5.41, 5.74) is 1.11. The summed E-state index contributed by atoms with van der Waals surface area (Å²) < 4.78 is 0. The second kappa shape index (κ2) is 6.52. The number of hydrogen-bond acceptors (Lipinski definition) is 5. The van der Waals surface area contributed by atoms with E-state index in [1.54, 1.807) is 6.07 Å². The molecule has 0 aliphatic carbocycles. The Morgan fingerprint density at radius 1 is 1.25 bits per heavy atom. The molecule has 5 heteroatoms. The Labute approximate surface area is 121 Å². The first kappa shape index (κ1) is 15.2. The quantitative estimate of drug-likeness (QED) is 0.838. The average Bonchev–Trinajstić information content (AvgIpc) is 2.41. The van der Waals surface area contributed by atoms with Crippen molar-refractivity contribution in [2.24, 2.45) is 0 Å². The summed E-state index contributed by atoms with van der Waals surface area (Å²) >= 11 is 0.